The van der Waals surface area contributed by atoms with Crippen LogP contribution in [0.25, 0.3) is 0 Å². The van der Waals surface area contributed by atoms with E-state index in [0.717, 1.165) is 6.42 Å². The Kier molecular flexibility index (Phi) is 4.22. The first-order valence-corrected chi connectivity index (χ1v) is 7.98. The van der Waals surface area contributed by atoms with Crippen LogP contribution in [0.15, 0.2) is 36.4 Å². The molecule has 1 amide bonds. The molecule has 23 heavy (non-hydrogen) atoms. The van der Waals surface area contributed by atoms with Crippen molar-refractivity contribution in [3.05, 3.63) is 42.0 Å². The quantitative estimate of drug-likeness (QED) is 0.819. The Morgan fingerprint density at radius 1 is 1.17 bits per heavy atom. The summed E-state index contributed by atoms with van der Waals surface area (Å²) in [7, 11) is 0. The average Bonchev–Trinajstić information content (AvgIpc) is 3.15. The maximum Gasteiger partial charge on any atom is 0.310 e. The van der Waals surface area contributed by atoms with Crippen LogP contribution in [0, 0.1) is 11.8 Å². The second-order valence-corrected chi connectivity index (χ2v) is 6.26. The monoisotopic (exact) mass is 315 g/mol. The summed E-state index contributed by atoms with van der Waals surface area (Å²) in [5.74, 6) is -2.32. The van der Waals surface area contributed by atoms with Crippen molar-refractivity contribution in [3.63, 3.8) is 0 Å². The predicted molar refractivity (Wildman–Crippen MR) is 86.2 cm³/mol. The maximum atomic E-state index is 12.5. The Labute approximate surface area is 135 Å². The van der Waals surface area contributed by atoms with Gasteiger partial charge in [-0.1, -0.05) is 38.1 Å². The summed E-state index contributed by atoms with van der Waals surface area (Å²) < 4.78 is 5.53. The Morgan fingerprint density at radius 2 is 1.78 bits per heavy atom. The minimum atomic E-state index is -0.992. The molecule has 0 spiro atoms. The minimum absolute atomic E-state index is 0.300. The van der Waals surface area contributed by atoms with Crippen molar-refractivity contribution in [2.45, 2.75) is 38.4 Å². The summed E-state index contributed by atoms with van der Waals surface area (Å²) in [6, 6.07) is 7.71. The molecule has 2 heterocycles. The highest BCUT2D eigenvalue weighted by atomic mass is 16.5. The van der Waals surface area contributed by atoms with Gasteiger partial charge < -0.3 is 15.2 Å². The van der Waals surface area contributed by atoms with Crippen molar-refractivity contribution in [2.75, 3.05) is 5.32 Å². The van der Waals surface area contributed by atoms with E-state index >= 15 is 0 Å². The van der Waals surface area contributed by atoms with Gasteiger partial charge in [0.05, 0.1) is 18.1 Å². The van der Waals surface area contributed by atoms with Gasteiger partial charge in [-0.25, -0.2) is 0 Å². The van der Waals surface area contributed by atoms with Crippen LogP contribution in [0.2, 0.25) is 0 Å². The van der Waals surface area contributed by atoms with Crippen molar-refractivity contribution in [3.8, 4) is 0 Å². The number of rotatable bonds is 5. The third-order valence-electron chi connectivity index (χ3n) is 4.85. The van der Waals surface area contributed by atoms with E-state index in [-0.39, 0.29) is 5.91 Å². The zero-order chi connectivity index (χ0) is 16.6. The van der Waals surface area contributed by atoms with Gasteiger partial charge in [-0.15, -0.1) is 0 Å². The molecule has 1 saturated heterocycles. The fourth-order valence-electron chi connectivity index (χ4n) is 3.27. The van der Waals surface area contributed by atoms with E-state index in [9.17, 15) is 14.7 Å². The van der Waals surface area contributed by atoms with E-state index in [1.165, 1.54) is 5.56 Å². The van der Waals surface area contributed by atoms with Crippen LogP contribution in [0.3, 0.4) is 0 Å². The van der Waals surface area contributed by atoms with E-state index in [1.54, 1.807) is 12.2 Å². The molecule has 2 aliphatic heterocycles. The molecule has 2 N–H and O–H groups in total. The second-order valence-electron chi connectivity index (χ2n) is 6.26. The SMILES string of the molecule is CC[C@H](C)c1ccc(NC(=O)[C@H]2[C@H](C(=O)O)[C@H]3C=C[C@H]2O3)cc1. The summed E-state index contributed by atoms with van der Waals surface area (Å²) >= 11 is 0. The number of anilines is 1. The molecular formula is C18H21NO4. The lowest BCUT2D eigenvalue weighted by molar-refractivity contribution is -0.145. The van der Waals surface area contributed by atoms with E-state index in [1.807, 2.05) is 24.3 Å². The molecule has 0 aliphatic carbocycles. The van der Waals surface area contributed by atoms with E-state index in [2.05, 4.69) is 19.2 Å². The molecule has 0 radical (unpaired) electrons. The van der Waals surface area contributed by atoms with Gasteiger partial charge in [0.2, 0.25) is 5.91 Å². The number of carboxylic acids is 1. The molecular weight excluding hydrogens is 294 g/mol. The van der Waals surface area contributed by atoms with Crippen molar-refractivity contribution in [1.82, 2.24) is 0 Å². The maximum absolute atomic E-state index is 12.5. The molecule has 3 rings (SSSR count). The molecule has 1 aromatic rings. The summed E-state index contributed by atoms with van der Waals surface area (Å²) in [5, 5.41) is 12.2. The number of benzene rings is 1. The number of aliphatic carboxylic acids is 1. The van der Waals surface area contributed by atoms with Crippen LogP contribution in [0.1, 0.15) is 31.7 Å². The fourth-order valence-corrected chi connectivity index (χ4v) is 3.27. The molecule has 1 aromatic carbocycles. The highest BCUT2D eigenvalue weighted by molar-refractivity contribution is 5.96. The minimum Gasteiger partial charge on any atom is -0.481 e. The summed E-state index contributed by atoms with van der Waals surface area (Å²) in [6.07, 6.45) is 3.62. The zero-order valence-electron chi connectivity index (χ0n) is 13.2. The van der Waals surface area contributed by atoms with Gasteiger partial charge in [0.1, 0.15) is 5.92 Å². The first-order valence-electron chi connectivity index (χ1n) is 7.98. The molecule has 5 atom stereocenters. The van der Waals surface area contributed by atoms with Crippen LogP contribution < -0.4 is 5.32 Å². The highest BCUT2D eigenvalue weighted by Crippen LogP contribution is 2.39. The third-order valence-corrected chi connectivity index (χ3v) is 4.85. The first-order chi connectivity index (χ1) is 11.0. The zero-order valence-corrected chi connectivity index (χ0v) is 13.2. The average molecular weight is 315 g/mol. The van der Waals surface area contributed by atoms with Crippen LogP contribution in [0.4, 0.5) is 5.69 Å². The second kappa shape index (κ2) is 6.16. The Morgan fingerprint density at radius 3 is 2.35 bits per heavy atom. The van der Waals surface area contributed by atoms with Gasteiger partial charge in [-0.2, -0.15) is 0 Å². The number of carbonyl (C=O) groups excluding carboxylic acids is 1. The Hall–Kier alpha value is -2.14. The number of carboxylic acid groups (broad SMARTS) is 1. The molecule has 122 valence electrons. The largest absolute Gasteiger partial charge is 0.481 e. The Bertz CT molecular complexity index is 637. The number of hydrogen-bond acceptors (Lipinski definition) is 3. The topological polar surface area (TPSA) is 75.6 Å². The van der Waals surface area contributed by atoms with Gasteiger partial charge in [-0.05, 0) is 30.0 Å². The molecule has 2 bridgehead atoms. The third kappa shape index (κ3) is 2.88. The lowest BCUT2D eigenvalue weighted by Crippen LogP contribution is -2.39. The van der Waals surface area contributed by atoms with Gasteiger partial charge >= 0.3 is 5.97 Å². The molecule has 2 aliphatic rings. The first kappa shape index (κ1) is 15.7. The van der Waals surface area contributed by atoms with Crippen molar-refractivity contribution in [2.24, 2.45) is 11.8 Å². The number of ether oxygens (including phenoxy) is 1. The molecule has 0 unspecified atom stereocenters. The van der Waals surface area contributed by atoms with Crippen molar-refractivity contribution in [1.29, 1.82) is 0 Å². The lowest BCUT2D eigenvalue weighted by atomic mass is 9.82. The van der Waals surface area contributed by atoms with E-state index in [4.69, 9.17) is 4.74 Å². The number of amides is 1. The van der Waals surface area contributed by atoms with Gasteiger partial charge in [0.15, 0.2) is 0 Å². The standard InChI is InChI=1S/C18H21NO4/c1-3-10(2)11-4-6-12(7-5-11)19-17(20)15-13-8-9-14(23-13)16(15)18(21)22/h4-10,13-16H,3H2,1-2H3,(H,19,20)(H,21,22)/t10-,13+,14+,15+,16+/m0/s1. The number of hydrogen-bond donors (Lipinski definition) is 2. The summed E-state index contributed by atoms with van der Waals surface area (Å²) in [4.78, 5) is 23.9. The van der Waals surface area contributed by atoms with Gasteiger partial charge in [0.25, 0.3) is 0 Å². The predicted octanol–water partition coefficient (Wildman–Crippen LogP) is 2.79. The van der Waals surface area contributed by atoms with Crippen LogP contribution in [0.5, 0.6) is 0 Å². The fraction of sp³-hybridized carbons (Fsp3) is 0.444. The Balaban J connectivity index is 1.72. The number of fused-ring (bicyclic) bond motifs is 2. The van der Waals surface area contributed by atoms with Gasteiger partial charge in [0, 0.05) is 5.69 Å². The number of nitrogens with one attached hydrogen (secondary N) is 1. The molecule has 0 aromatic heterocycles. The molecule has 1 fully saturated rings. The normalized spacial score (nSPS) is 29.5. The van der Waals surface area contributed by atoms with Crippen molar-refractivity contribution >= 4 is 17.6 Å². The summed E-state index contributed by atoms with van der Waals surface area (Å²) in [5.41, 5.74) is 1.90. The van der Waals surface area contributed by atoms with Crippen molar-refractivity contribution < 1.29 is 19.4 Å². The number of carbonyl (C=O) groups is 2. The van der Waals surface area contributed by atoms with Crippen LogP contribution in [-0.2, 0) is 14.3 Å². The smallest absolute Gasteiger partial charge is 0.310 e. The van der Waals surface area contributed by atoms with Gasteiger partial charge in [-0.3, -0.25) is 9.59 Å². The molecule has 5 nitrogen and oxygen atoms in total. The molecule has 5 heteroatoms. The van der Waals surface area contributed by atoms with E-state index < -0.39 is 30.0 Å². The molecule has 0 saturated carbocycles. The summed E-state index contributed by atoms with van der Waals surface area (Å²) in [6.45, 7) is 4.29. The lowest BCUT2D eigenvalue weighted by Gasteiger charge is -2.21. The highest BCUT2D eigenvalue weighted by Gasteiger charge is 2.53. The van der Waals surface area contributed by atoms with Crippen LogP contribution in [-0.4, -0.2) is 29.2 Å². The van der Waals surface area contributed by atoms with E-state index in [0.29, 0.717) is 11.6 Å². The van der Waals surface area contributed by atoms with Crippen LogP contribution >= 0.6 is 0 Å².